The van der Waals surface area contributed by atoms with Crippen molar-refractivity contribution in [3.63, 3.8) is 0 Å². The molecule has 0 aliphatic heterocycles. The third-order valence-electron chi connectivity index (χ3n) is 3.23. The number of nitrogens with zero attached hydrogens (tertiary/aromatic N) is 1. The van der Waals surface area contributed by atoms with E-state index in [0.717, 1.165) is 18.3 Å². The molecule has 2 aliphatic carbocycles. The van der Waals surface area contributed by atoms with Crippen LogP contribution < -0.4 is 5.73 Å². The predicted molar refractivity (Wildman–Crippen MR) is 42.3 cm³/mol. The monoisotopic (exact) mass is 154 g/mol. The van der Waals surface area contributed by atoms with E-state index < -0.39 is 0 Å². The Morgan fingerprint density at radius 3 is 2.64 bits per heavy atom. The number of hydrogen-bond acceptors (Lipinski definition) is 2. The van der Waals surface area contributed by atoms with Gasteiger partial charge in [0.15, 0.2) is 0 Å². The molecule has 3 heteroatoms. The van der Waals surface area contributed by atoms with Gasteiger partial charge in [0.05, 0.1) is 0 Å². The van der Waals surface area contributed by atoms with Crippen LogP contribution in [0.2, 0.25) is 0 Å². The van der Waals surface area contributed by atoms with Gasteiger partial charge in [-0.3, -0.25) is 0 Å². The van der Waals surface area contributed by atoms with Gasteiger partial charge in [-0.15, -0.1) is 0 Å². The van der Waals surface area contributed by atoms with Crippen molar-refractivity contribution in [1.82, 2.24) is 0 Å². The molecule has 0 spiro atoms. The minimum absolute atomic E-state index is 0.388. The number of amidine groups is 1. The zero-order chi connectivity index (χ0) is 7.84. The SMILES string of the molecule is N/C(=N\O)C1CC2CCC1C2. The quantitative estimate of drug-likeness (QED) is 0.258. The van der Waals surface area contributed by atoms with Gasteiger partial charge >= 0.3 is 0 Å². The summed E-state index contributed by atoms with van der Waals surface area (Å²) in [5, 5.41) is 11.6. The van der Waals surface area contributed by atoms with Crippen molar-refractivity contribution in [3.8, 4) is 0 Å². The summed E-state index contributed by atoms with van der Waals surface area (Å²) in [4.78, 5) is 0. The lowest BCUT2D eigenvalue weighted by Crippen LogP contribution is -2.28. The van der Waals surface area contributed by atoms with E-state index in [0.29, 0.717) is 11.8 Å². The van der Waals surface area contributed by atoms with Gasteiger partial charge in [-0.25, -0.2) is 0 Å². The van der Waals surface area contributed by atoms with Gasteiger partial charge in [-0.1, -0.05) is 11.6 Å². The summed E-state index contributed by atoms with van der Waals surface area (Å²) in [6.07, 6.45) is 5.10. The summed E-state index contributed by atoms with van der Waals surface area (Å²) >= 11 is 0. The van der Waals surface area contributed by atoms with Crippen molar-refractivity contribution >= 4 is 5.84 Å². The highest BCUT2D eigenvalue weighted by atomic mass is 16.4. The molecule has 2 fully saturated rings. The average molecular weight is 154 g/mol. The standard InChI is InChI=1S/C8H14N2O/c9-8(10-11)7-4-5-1-2-6(7)3-5/h5-7,11H,1-4H2,(H2,9,10). The minimum atomic E-state index is 0.388. The molecular weight excluding hydrogens is 140 g/mol. The Balaban J connectivity index is 2.08. The van der Waals surface area contributed by atoms with Crippen molar-refractivity contribution in [1.29, 1.82) is 0 Å². The van der Waals surface area contributed by atoms with E-state index in [4.69, 9.17) is 10.9 Å². The molecule has 3 N–H and O–H groups in total. The average Bonchev–Trinajstić information content (AvgIpc) is 2.62. The van der Waals surface area contributed by atoms with E-state index in [2.05, 4.69) is 5.16 Å². The molecule has 0 heterocycles. The van der Waals surface area contributed by atoms with Crippen LogP contribution in [0.3, 0.4) is 0 Å². The maximum Gasteiger partial charge on any atom is 0.142 e. The van der Waals surface area contributed by atoms with Gasteiger partial charge in [0.2, 0.25) is 0 Å². The molecule has 0 radical (unpaired) electrons. The van der Waals surface area contributed by atoms with Gasteiger partial charge in [-0.2, -0.15) is 0 Å². The molecule has 2 bridgehead atoms. The number of nitrogens with two attached hydrogens (primary N) is 1. The fourth-order valence-electron chi connectivity index (χ4n) is 2.68. The van der Waals surface area contributed by atoms with E-state index in [1.165, 1.54) is 19.3 Å². The lowest BCUT2D eigenvalue weighted by atomic mass is 9.88. The maximum absolute atomic E-state index is 8.49. The van der Waals surface area contributed by atoms with Crippen molar-refractivity contribution in [2.45, 2.75) is 25.7 Å². The summed E-state index contributed by atoms with van der Waals surface area (Å²) in [5.74, 6) is 2.43. The first-order valence-electron chi connectivity index (χ1n) is 4.28. The Labute approximate surface area is 66.3 Å². The normalized spacial score (nSPS) is 43.3. The zero-order valence-corrected chi connectivity index (χ0v) is 6.53. The van der Waals surface area contributed by atoms with Crippen LogP contribution in [0, 0.1) is 17.8 Å². The van der Waals surface area contributed by atoms with E-state index in [-0.39, 0.29) is 0 Å². The number of hydrogen-bond donors (Lipinski definition) is 2. The van der Waals surface area contributed by atoms with Gasteiger partial charge in [-0.05, 0) is 31.1 Å². The maximum atomic E-state index is 8.49. The van der Waals surface area contributed by atoms with E-state index >= 15 is 0 Å². The predicted octanol–water partition coefficient (Wildman–Crippen LogP) is 1.17. The molecule has 3 nitrogen and oxygen atoms in total. The second kappa shape index (κ2) is 2.40. The molecule has 11 heavy (non-hydrogen) atoms. The molecule has 0 aromatic heterocycles. The van der Waals surface area contributed by atoms with Crippen molar-refractivity contribution < 1.29 is 5.21 Å². The minimum Gasteiger partial charge on any atom is -0.409 e. The van der Waals surface area contributed by atoms with Gasteiger partial charge in [0.25, 0.3) is 0 Å². The van der Waals surface area contributed by atoms with Crippen molar-refractivity contribution in [2.24, 2.45) is 28.6 Å². The second-order valence-electron chi connectivity index (χ2n) is 3.81. The number of rotatable bonds is 1. The van der Waals surface area contributed by atoms with Gasteiger partial charge in [0.1, 0.15) is 5.84 Å². The second-order valence-corrected chi connectivity index (χ2v) is 3.81. The Morgan fingerprint density at radius 1 is 1.36 bits per heavy atom. The van der Waals surface area contributed by atoms with Crippen LogP contribution in [0.15, 0.2) is 5.16 Å². The Hall–Kier alpha value is -0.730. The Morgan fingerprint density at radius 2 is 2.18 bits per heavy atom. The third kappa shape index (κ3) is 0.988. The van der Waals surface area contributed by atoms with Crippen LogP contribution in [0.25, 0.3) is 0 Å². The van der Waals surface area contributed by atoms with Crippen LogP contribution in [0.4, 0.5) is 0 Å². The van der Waals surface area contributed by atoms with Crippen LogP contribution in [0.1, 0.15) is 25.7 Å². The smallest absolute Gasteiger partial charge is 0.142 e. The highest BCUT2D eigenvalue weighted by Crippen LogP contribution is 2.48. The van der Waals surface area contributed by atoms with Crippen molar-refractivity contribution in [3.05, 3.63) is 0 Å². The first-order valence-corrected chi connectivity index (χ1v) is 4.28. The van der Waals surface area contributed by atoms with Crippen LogP contribution in [0.5, 0.6) is 0 Å². The Kier molecular flexibility index (Phi) is 1.51. The van der Waals surface area contributed by atoms with Crippen LogP contribution in [-0.2, 0) is 0 Å². The fraction of sp³-hybridized carbons (Fsp3) is 0.875. The van der Waals surface area contributed by atoms with E-state index in [1.54, 1.807) is 0 Å². The number of oxime groups is 1. The topological polar surface area (TPSA) is 58.6 Å². The third-order valence-corrected chi connectivity index (χ3v) is 3.23. The molecular formula is C8H14N2O. The van der Waals surface area contributed by atoms with Crippen LogP contribution in [-0.4, -0.2) is 11.0 Å². The molecule has 0 amide bonds. The first-order chi connectivity index (χ1) is 5.31. The molecule has 0 aromatic rings. The summed E-state index contributed by atoms with van der Waals surface area (Å²) in [7, 11) is 0. The molecule has 3 unspecified atom stereocenters. The molecule has 0 saturated heterocycles. The molecule has 62 valence electrons. The summed E-state index contributed by atoms with van der Waals surface area (Å²) in [6.45, 7) is 0. The van der Waals surface area contributed by atoms with Crippen LogP contribution >= 0.6 is 0 Å². The van der Waals surface area contributed by atoms with Crippen molar-refractivity contribution in [2.75, 3.05) is 0 Å². The van der Waals surface area contributed by atoms with E-state index in [9.17, 15) is 0 Å². The fourth-order valence-corrected chi connectivity index (χ4v) is 2.68. The highest BCUT2D eigenvalue weighted by Gasteiger charge is 2.41. The lowest BCUT2D eigenvalue weighted by Gasteiger charge is -2.19. The molecule has 2 saturated carbocycles. The summed E-state index contributed by atoms with van der Waals surface area (Å²) in [6, 6.07) is 0. The largest absolute Gasteiger partial charge is 0.409 e. The van der Waals surface area contributed by atoms with E-state index in [1.807, 2.05) is 0 Å². The van der Waals surface area contributed by atoms with Gasteiger partial charge < -0.3 is 10.9 Å². The Bertz CT molecular complexity index is 191. The summed E-state index contributed by atoms with van der Waals surface area (Å²) < 4.78 is 0. The molecule has 2 aliphatic rings. The molecule has 0 aromatic carbocycles. The highest BCUT2D eigenvalue weighted by molar-refractivity contribution is 5.82. The number of fused-ring (bicyclic) bond motifs is 2. The molecule has 3 atom stereocenters. The zero-order valence-electron chi connectivity index (χ0n) is 6.53. The molecule has 2 rings (SSSR count). The first kappa shape index (κ1) is 6.95. The lowest BCUT2D eigenvalue weighted by molar-refractivity contribution is 0.306. The summed E-state index contributed by atoms with van der Waals surface area (Å²) in [5.41, 5.74) is 5.56. The van der Waals surface area contributed by atoms with Gasteiger partial charge in [0, 0.05) is 5.92 Å².